The second kappa shape index (κ2) is 16.4. The molecule has 0 aromatic heterocycles. The molecule has 1 aliphatic carbocycles. The fraction of sp³-hybridized carbons (Fsp3) is 0.514. The van der Waals surface area contributed by atoms with Crippen LogP contribution in [0.1, 0.15) is 75.0 Å². The van der Waals surface area contributed by atoms with Crippen LogP contribution in [0.25, 0.3) is 0 Å². The normalized spacial score (nSPS) is 24.9. The van der Waals surface area contributed by atoms with Crippen molar-refractivity contribution < 1.29 is 29.0 Å². The van der Waals surface area contributed by atoms with Crippen molar-refractivity contribution >= 4 is 17.8 Å². The highest BCUT2D eigenvalue weighted by molar-refractivity contribution is 5.86. The molecule has 2 aromatic carbocycles. The second-order valence-corrected chi connectivity index (χ2v) is 12.0. The molecule has 1 saturated carbocycles. The van der Waals surface area contributed by atoms with Crippen LogP contribution in [-0.2, 0) is 30.3 Å². The monoisotopic (exact) mass is 590 g/mol. The van der Waals surface area contributed by atoms with Gasteiger partial charge in [-0.15, -0.1) is 0 Å². The number of rotatable bonds is 9. The van der Waals surface area contributed by atoms with Crippen LogP contribution in [0.2, 0.25) is 0 Å². The number of carbonyl (C=O) groups is 3. The number of aliphatic hydroxyl groups excluding tert-OH is 1. The Morgan fingerprint density at radius 3 is 2.37 bits per heavy atom. The molecule has 43 heavy (non-hydrogen) atoms. The molecule has 1 fully saturated rings. The minimum Gasteiger partial charge on any atom is -0.455 e. The molecule has 8 nitrogen and oxygen atoms in total. The number of hydrogen-bond acceptors (Lipinski definition) is 6. The molecule has 0 bridgehead atoms. The van der Waals surface area contributed by atoms with Crippen LogP contribution in [0.5, 0.6) is 0 Å². The molecule has 1 heterocycles. The van der Waals surface area contributed by atoms with E-state index >= 15 is 0 Å². The first-order chi connectivity index (χ1) is 20.9. The summed E-state index contributed by atoms with van der Waals surface area (Å²) in [4.78, 5) is 40.7. The lowest BCUT2D eigenvalue weighted by atomic mass is 9.92. The molecular formula is C35H46N2O6. The Morgan fingerprint density at radius 2 is 1.70 bits per heavy atom. The molecule has 2 aliphatic rings. The summed E-state index contributed by atoms with van der Waals surface area (Å²) in [5, 5.41) is 16.1. The van der Waals surface area contributed by atoms with Gasteiger partial charge in [0.25, 0.3) is 0 Å². The Hall–Kier alpha value is -3.49. The van der Waals surface area contributed by atoms with Crippen LogP contribution >= 0.6 is 0 Å². The van der Waals surface area contributed by atoms with Crippen LogP contribution in [-0.4, -0.2) is 54.8 Å². The van der Waals surface area contributed by atoms with Crippen molar-refractivity contribution in [1.82, 2.24) is 10.6 Å². The van der Waals surface area contributed by atoms with Crippen LogP contribution in [0.4, 0.5) is 0 Å². The molecule has 2 amide bonds. The maximum absolute atomic E-state index is 13.8. The number of benzene rings is 2. The van der Waals surface area contributed by atoms with Crippen molar-refractivity contribution in [3.8, 4) is 0 Å². The highest BCUT2D eigenvalue weighted by Crippen LogP contribution is 2.30. The number of esters is 1. The van der Waals surface area contributed by atoms with E-state index in [2.05, 4.69) is 10.6 Å². The molecule has 2 aromatic rings. The van der Waals surface area contributed by atoms with Crippen LogP contribution < -0.4 is 10.6 Å². The van der Waals surface area contributed by atoms with Gasteiger partial charge in [-0.3, -0.25) is 14.4 Å². The molecule has 1 aliphatic heterocycles. The van der Waals surface area contributed by atoms with Gasteiger partial charge in [-0.05, 0) is 56.1 Å². The number of amides is 2. The van der Waals surface area contributed by atoms with E-state index < -0.39 is 23.6 Å². The minimum atomic E-state index is -0.778. The van der Waals surface area contributed by atoms with Gasteiger partial charge in [-0.25, -0.2) is 0 Å². The summed E-state index contributed by atoms with van der Waals surface area (Å²) < 4.78 is 11.8. The summed E-state index contributed by atoms with van der Waals surface area (Å²) in [6, 6.07) is 18.7. The summed E-state index contributed by atoms with van der Waals surface area (Å²) >= 11 is 0. The molecule has 8 heteroatoms. The lowest BCUT2D eigenvalue weighted by molar-refractivity contribution is -0.158. The number of nitrogens with one attached hydrogen (secondary N) is 2. The van der Waals surface area contributed by atoms with E-state index in [1.165, 1.54) is 0 Å². The van der Waals surface area contributed by atoms with Crippen molar-refractivity contribution in [2.24, 2.45) is 11.8 Å². The zero-order valence-corrected chi connectivity index (χ0v) is 25.2. The third-order valence-corrected chi connectivity index (χ3v) is 8.65. The van der Waals surface area contributed by atoms with Gasteiger partial charge in [0.15, 0.2) is 0 Å². The first-order valence-electron chi connectivity index (χ1n) is 15.6. The average Bonchev–Trinajstić information content (AvgIpc) is 3.49. The molecule has 0 spiro atoms. The highest BCUT2D eigenvalue weighted by atomic mass is 16.5. The topological polar surface area (TPSA) is 114 Å². The molecule has 4 rings (SSSR count). The third kappa shape index (κ3) is 9.50. The van der Waals surface area contributed by atoms with E-state index in [1.807, 2.05) is 72.8 Å². The average molecular weight is 591 g/mol. The smallest absolute Gasteiger partial charge is 0.309 e. The highest BCUT2D eigenvalue weighted by Gasteiger charge is 2.37. The first-order valence-corrected chi connectivity index (χ1v) is 15.6. The fourth-order valence-corrected chi connectivity index (χ4v) is 6.22. The maximum Gasteiger partial charge on any atom is 0.309 e. The molecule has 232 valence electrons. The standard InChI is InChI=1S/C35H46N2O6/c1-42-24-30-32(27-16-10-5-11-17-27)43-34(41)29(22-26-14-6-4-7-15-26)19-9-3-2-8-18-28(33(40)36-30)23-31(39)37-35(25-38)20-12-13-21-35/h2,4-8,10-11,14-17,28-30,32,38H,3,9,12-13,18-25H2,1H3,(H,36,40)(H,37,39)/t28-,29-,30+,32+/m1/s1. The summed E-state index contributed by atoms with van der Waals surface area (Å²) in [5.41, 5.74) is 1.22. The number of carbonyl (C=O) groups excluding carboxylic acids is 3. The van der Waals surface area contributed by atoms with E-state index in [-0.39, 0.29) is 43.3 Å². The number of ether oxygens (including phenoxy) is 2. The van der Waals surface area contributed by atoms with Crippen LogP contribution in [0.3, 0.4) is 0 Å². The largest absolute Gasteiger partial charge is 0.455 e. The van der Waals surface area contributed by atoms with Crippen molar-refractivity contribution in [2.45, 2.75) is 81.9 Å². The van der Waals surface area contributed by atoms with Gasteiger partial charge in [0.05, 0.1) is 36.6 Å². The Labute approximate surface area is 255 Å². The zero-order chi connectivity index (χ0) is 30.5. The SMILES string of the molecule is COC[C@@H]1NC(=O)[C@@H](CC(=O)NC2(CO)CCCC2)CC=CCCC[C@H](Cc2ccccc2)C(=O)O[C@H]1c1ccccc1. The van der Waals surface area contributed by atoms with Gasteiger partial charge in [-0.1, -0.05) is 85.7 Å². The van der Waals surface area contributed by atoms with Crippen LogP contribution in [0, 0.1) is 11.8 Å². The van der Waals surface area contributed by atoms with E-state index in [9.17, 15) is 19.5 Å². The van der Waals surface area contributed by atoms with Crippen molar-refractivity contribution in [2.75, 3.05) is 20.3 Å². The first kappa shape index (κ1) is 32.4. The molecule has 0 saturated heterocycles. The molecule has 4 atom stereocenters. The third-order valence-electron chi connectivity index (χ3n) is 8.65. The van der Waals surface area contributed by atoms with Crippen molar-refractivity contribution in [3.63, 3.8) is 0 Å². The Morgan fingerprint density at radius 1 is 1.00 bits per heavy atom. The van der Waals surface area contributed by atoms with Crippen molar-refractivity contribution in [1.29, 1.82) is 0 Å². The molecule has 3 N–H and O–H groups in total. The van der Waals surface area contributed by atoms with Gasteiger partial charge in [0.2, 0.25) is 11.8 Å². The minimum absolute atomic E-state index is 0.00737. The molecule has 0 unspecified atom stereocenters. The second-order valence-electron chi connectivity index (χ2n) is 12.0. The Kier molecular flexibility index (Phi) is 12.4. The zero-order valence-electron chi connectivity index (χ0n) is 25.2. The predicted molar refractivity (Wildman–Crippen MR) is 165 cm³/mol. The summed E-state index contributed by atoms with van der Waals surface area (Å²) in [7, 11) is 1.54. The fourth-order valence-electron chi connectivity index (χ4n) is 6.22. The Bertz CT molecular complexity index is 1200. The van der Waals surface area contributed by atoms with Gasteiger partial charge in [0, 0.05) is 13.5 Å². The number of hydrogen-bond donors (Lipinski definition) is 3. The predicted octanol–water partition coefficient (Wildman–Crippen LogP) is 4.82. The number of allylic oxidation sites excluding steroid dienone is 2. The summed E-state index contributed by atoms with van der Waals surface area (Å²) in [5.74, 6) is -1.83. The van der Waals surface area contributed by atoms with Crippen LogP contribution in [0.15, 0.2) is 72.8 Å². The summed E-state index contributed by atoms with van der Waals surface area (Å²) in [6.45, 7) is 0.00508. The van der Waals surface area contributed by atoms with Crippen molar-refractivity contribution in [3.05, 3.63) is 83.9 Å². The quantitative estimate of drug-likeness (QED) is 0.285. The maximum atomic E-state index is 13.8. The van der Waals surface area contributed by atoms with E-state index in [1.54, 1.807) is 7.11 Å². The number of methoxy groups -OCH3 is 1. The van der Waals surface area contributed by atoms with Gasteiger partial charge in [0.1, 0.15) is 6.10 Å². The number of aliphatic hydroxyl groups is 1. The van der Waals surface area contributed by atoms with Gasteiger partial charge < -0.3 is 25.2 Å². The van der Waals surface area contributed by atoms with Gasteiger partial charge >= 0.3 is 5.97 Å². The number of cyclic esters (lactones) is 1. The molecule has 0 radical (unpaired) electrons. The summed E-state index contributed by atoms with van der Waals surface area (Å²) in [6.07, 6.45) is 9.75. The van der Waals surface area contributed by atoms with E-state index in [4.69, 9.17) is 9.47 Å². The van der Waals surface area contributed by atoms with E-state index in [0.29, 0.717) is 19.3 Å². The Balaban J connectivity index is 1.59. The van der Waals surface area contributed by atoms with Gasteiger partial charge in [-0.2, -0.15) is 0 Å². The molecular weight excluding hydrogens is 544 g/mol. The van der Waals surface area contributed by atoms with E-state index in [0.717, 1.165) is 49.7 Å². The lowest BCUT2D eigenvalue weighted by Crippen LogP contribution is -2.51. The lowest BCUT2D eigenvalue weighted by Gasteiger charge is -2.31.